The number of ketones is 2. The van der Waals surface area contributed by atoms with Crippen LogP contribution in [0.3, 0.4) is 0 Å². The standard InChI is InChI=1S/C10H10O4/c1-7(11)9(12)6-5-8-3-2-4-10(13)14-8/h2-4H,5-6H2,1H3. The van der Waals surface area contributed by atoms with Gasteiger partial charge in [0.15, 0.2) is 11.6 Å². The SMILES string of the molecule is CC(=O)C(=O)CCc1cccc(=O)o1. The maximum atomic E-state index is 10.9. The van der Waals surface area contributed by atoms with Gasteiger partial charge in [-0.05, 0) is 6.07 Å². The Morgan fingerprint density at radius 2 is 2.07 bits per heavy atom. The van der Waals surface area contributed by atoms with Gasteiger partial charge in [-0.3, -0.25) is 9.59 Å². The summed E-state index contributed by atoms with van der Waals surface area (Å²) in [7, 11) is 0. The highest BCUT2D eigenvalue weighted by atomic mass is 16.4. The van der Waals surface area contributed by atoms with E-state index >= 15 is 0 Å². The van der Waals surface area contributed by atoms with Gasteiger partial charge in [-0.1, -0.05) is 6.07 Å². The van der Waals surface area contributed by atoms with Crippen molar-refractivity contribution >= 4 is 11.6 Å². The molecule has 0 radical (unpaired) electrons. The molecule has 4 heteroatoms. The van der Waals surface area contributed by atoms with Crippen molar-refractivity contribution in [2.45, 2.75) is 19.8 Å². The zero-order valence-corrected chi connectivity index (χ0v) is 7.78. The third-order valence-corrected chi connectivity index (χ3v) is 1.74. The highest BCUT2D eigenvalue weighted by Crippen LogP contribution is 2.00. The lowest BCUT2D eigenvalue weighted by Gasteiger charge is -1.96. The summed E-state index contributed by atoms with van der Waals surface area (Å²) < 4.78 is 4.79. The fourth-order valence-electron chi connectivity index (χ4n) is 0.978. The second kappa shape index (κ2) is 4.50. The van der Waals surface area contributed by atoms with Crippen molar-refractivity contribution in [1.82, 2.24) is 0 Å². The van der Waals surface area contributed by atoms with Gasteiger partial charge >= 0.3 is 5.63 Å². The highest BCUT2D eigenvalue weighted by Gasteiger charge is 2.08. The zero-order valence-electron chi connectivity index (χ0n) is 7.78. The molecule has 1 aromatic heterocycles. The Kier molecular flexibility index (Phi) is 3.34. The smallest absolute Gasteiger partial charge is 0.335 e. The van der Waals surface area contributed by atoms with E-state index in [-0.39, 0.29) is 12.8 Å². The Labute approximate surface area is 80.5 Å². The van der Waals surface area contributed by atoms with E-state index in [2.05, 4.69) is 0 Å². The normalized spacial score (nSPS) is 9.79. The summed E-state index contributed by atoms with van der Waals surface area (Å²) in [6.45, 7) is 1.23. The molecule has 0 atom stereocenters. The molecule has 0 bridgehead atoms. The molecular formula is C10H10O4. The molecule has 0 spiro atoms. The maximum Gasteiger partial charge on any atom is 0.335 e. The summed E-state index contributed by atoms with van der Waals surface area (Å²) in [6.07, 6.45) is 0.372. The molecule has 0 N–H and O–H groups in total. The molecule has 74 valence electrons. The number of hydrogen-bond donors (Lipinski definition) is 0. The number of rotatable bonds is 4. The Morgan fingerprint density at radius 3 is 2.64 bits per heavy atom. The average molecular weight is 194 g/mol. The molecule has 0 aliphatic carbocycles. The second-order valence-corrected chi connectivity index (χ2v) is 2.89. The van der Waals surface area contributed by atoms with Crippen molar-refractivity contribution < 1.29 is 14.0 Å². The first kappa shape index (κ1) is 10.4. The molecule has 0 aromatic carbocycles. The molecule has 0 fully saturated rings. The van der Waals surface area contributed by atoms with Crippen LogP contribution in [0.1, 0.15) is 19.1 Å². The number of hydrogen-bond acceptors (Lipinski definition) is 4. The number of Topliss-reactive ketones (excluding diaryl/α,β-unsaturated/α-hetero) is 2. The minimum atomic E-state index is -0.469. The summed E-state index contributed by atoms with van der Waals surface area (Å²) in [4.78, 5) is 32.3. The molecule has 1 aromatic rings. The first-order valence-electron chi connectivity index (χ1n) is 4.22. The fraction of sp³-hybridized carbons (Fsp3) is 0.300. The van der Waals surface area contributed by atoms with Crippen LogP contribution in [0.25, 0.3) is 0 Å². The van der Waals surface area contributed by atoms with E-state index in [9.17, 15) is 14.4 Å². The molecule has 1 rings (SSSR count). The quantitative estimate of drug-likeness (QED) is 0.663. The minimum Gasteiger partial charge on any atom is -0.428 e. The summed E-state index contributed by atoms with van der Waals surface area (Å²) >= 11 is 0. The number of aryl methyl sites for hydroxylation is 1. The van der Waals surface area contributed by atoms with Crippen LogP contribution in [0.15, 0.2) is 27.4 Å². The molecule has 4 nitrogen and oxygen atoms in total. The van der Waals surface area contributed by atoms with Gasteiger partial charge in [0.1, 0.15) is 5.76 Å². The van der Waals surface area contributed by atoms with Gasteiger partial charge in [-0.15, -0.1) is 0 Å². The lowest BCUT2D eigenvalue weighted by molar-refractivity contribution is -0.135. The van der Waals surface area contributed by atoms with Crippen molar-refractivity contribution in [2.75, 3.05) is 0 Å². The van der Waals surface area contributed by atoms with E-state index in [0.717, 1.165) is 0 Å². The van der Waals surface area contributed by atoms with Gasteiger partial charge in [-0.2, -0.15) is 0 Å². The highest BCUT2D eigenvalue weighted by molar-refractivity contribution is 6.36. The van der Waals surface area contributed by atoms with Crippen molar-refractivity contribution in [2.24, 2.45) is 0 Å². The second-order valence-electron chi connectivity index (χ2n) is 2.89. The van der Waals surface area contributed by atoms with Crippen LogP contribution in [0.2, 0.25) is 0 Å². The van der Waals surface area contributed by atoms with Crippen LogP contribution >= 0.6 is 0 Å². The summed E-state index contributed by atoms with van der Waals surface area (Å²) in [5.41, 5.74) is -0.447. The average Bonchev–Trinajstić information content (AvgIpc) is 2.14. The van der Waals surface area contributed by atoms with Gasteiger partial charge in [0.25, 0.3) is 0 Å². The van der Waals surface area contributed by atoms with E-state index in [4.69, 9.17) is 4.42 Å². The third kappa shape index (κ3) is 2.97. The van der Waals surface area contributed by atoms with E-state index in [0.29, 0.717) is 5.76 Å². The van der Waals surface area contributed by atoms with Gasteiger partial charge in [0.2, 0.25) is 0 Å². The predicted molar refractivity (Wildman–Crippen MR) is 49.0 cm³/mol. The molecule has 0 aliphatic heterocycles. The van der Waals surface area contributed by atoms with Gasteiger partial charge in [0, 0.05) is 25.8 Å². The van der Waals surface area contributed by atoms with Crippen molar-refractivity contribution in [3.05, 3.63) is 34.4 Å². The van der Waals surface area contributed by atoms with Crippen LogP contribution in [0.5, 0.6) is 0 Å². The summed E-state index contributed by atoms with van der Waals surface area (Å²) in [5, 5.41) is 0. The third-order valence-electron chi connectivity index (χ3n) is 1.74. The molecule has 0 saturated heterocycles. The Bertz CT molecular complexity index is 403. The Balaban J connectivity index is 2.58. The molecule has 14 heavy (non-hydrogen) atoms. The molecule has 0 amide bonds. The molecule has 0 aliphatic rings. The Hall–Kier alpha value is -1.71. The summed E-state index contributed by atoms with van der Waals surface area (Å²) in [6, 6.07) is 4.45. The van der Waals surface area contributed by atoms with Gasteiger partial charge in [0.05, 0.1) is 0 Å². The Morgan fingerprint density at radius 1 is 1.36 bits per heavy atom. The maximum absolute atomic E-state index is 10.9. The van der Waals surface area contributed by atoms with Crippen LogP contribution in [-0.4, -0.2) is 11.6 Å². The van der Waals surface area contributed by atoms with Crippen LogP contribution in [0, 0.1) is 0 Å². The zero-order chi connectivity index (χ0) is 10.6. The van der Waals surface area contributed by atoms with Crippen molar-refractivity contribution in [1.29, 1.82) is 0 Å². The topological polar surface area (TPSA) is 64.3 Å². The molecular weight excluding hydrogens is 184 g/mol. The summed E-state index contributed by atoms with van der Waals surface area (Å²) in [5.74, 6) is -0.494. The molecule has 1 heterocycles. The van der Waals surface area contributed by atoms with Crippen LogP contribution in [0.4, 0.5) is 0 Å². The number of carbonyl (C=O) groups is 2. The number of carbonyl (C=O) groups excluding carboxylic acids is 2. The predicted octanol–water partition coefficient (Wildman–Crippen LogP) is 0.731. The lowest BCUT2D eigenvalue weighted by atomic mass is 10.1. The van der Waals surface area contributed by atoms with Gasteiger partial charge < -0.3 is 4.42 Å². The molecule has 0 saturated carbocycles. The first-order chi connectivity index (χ1) is 6.59. The minimum absolute atomic E-state index is 0.0856. The first-order valence-corrected chi connectivity index (χ1v) is 4.22. The monoisotopic (exact) mass is 194 g/mol. The van der Waals surface area contributed by atoms with Crippen LogP contribution < -0.4 is 5.63 Å². The van der Waals surface area contributed by atoms with Crippen molar-refractivity contribution in [3.8, 4) is 0 Å². The van der Waals surface area contributed by atoms with Crippen LogP contribution in [-0.2, 0) is 16.0 Å². The van der Waals surface area contributed by atoms with Gasteiger partial charge in [-0.25, -0.2) is 4.79 Å². The van der Waals surface area contributed by atoms with E-state index < -0.39 is 17.2 Å². The van der Waals surface area contributed by atoms with E-state index in [1.807, 2.05) is 0 Å². The van der Waals surface area contributed by atoms with E-state index in [1.54, 1.807) is 12.1 Å². The fourth-order valence-corrected chi connectivity index (χ4v) is 0.978. The van der Waals surface area contributed by atoms with Crippen molar-refractivity contribution in [3.63, 3.8) is 0 Å². The van der Waals surface area contributed by atoms with E-state index in [1.165, 1.54) is 13.0 Å². The largest absolute Gasteiger partial charge is 0.428 e. The molecule has 0 unspecified atom stereocenters. The lowest BCUT2D eigenvalue weighted by Crippen LogP contribution is -2.10.